The van der Waals surface area contributed by atoms with Crippen LogP contribution in [-0.2, 0) is 0 Å². The summed E-state index contributed by atoms with van der Waals surface area (Å²) in [5.74, 6) is 0.823. The molecule has 0 atom stereocenters. The van der Waals surface area contributed by atoms with E-state index in [2.05, 4.69) is 14.9 Å². The van der Waals surface area contributed by atoms with E-state index in [1.54, 1.807) is 0 Å². The molecule has 1 heterocycles. The number of anilines is 1. The Morgan fingerprint density at radius 3 is 2.73 bits per heavy atom. The normalized spacial score (nSPS) is 10.4. The highest BCUT2D eigenvalue weighted by atomic mass is 35.5. The van der Waals surface area contributed by atoms with E-state index in [1.165, 1.54) is 0 Å². The third kappa shape index (κ3) is 3.64. The fourth-order valence-electron chi connectivity index (χ4n) is 1.37. The molecule has 0 amide bonds. The number of hydrogen-bond donors (Lipinski definition) is 1. The first kappa shape index (κ1) is 12.2. The van der Waals surface area contributed by atoms with Crippen molar-refractivity contribution in [3.8, 4) is 0 Å². The third-order valence-corrected chi connectivity index (χ3v) is 2.27. The Bertz CT molecular complexity index is 299. The summed E-state index contributed by atoms with van der Waals surface area (Å²) in [5, 5.41) is 9.05. The molecule has 0 saturated carbocycles. The van der Waals surface area contributed by atoms with Gasteiger partial charge in [0.15, 0.2) is 0 Å². The van der Waals surface area contributed by atoms with Crippen LogP contribution in [0.2, 0.25) is 5.28 Å². The average molecular weight is 230 g/mol. The lowest BCUT2D eigenvalue weighted by atomic mass is 10.3. The first-order valence-electron chi connectivity index (χ1n) is 5.04. The molecule has 5 heteroatoms. The molecule has 4 nitrogen and oxygen atoms in total. The second kappa shape index (κ2) is 5.88. The summed E-state index contributed by atoms with van der Waals surface area (Å²) >= 11 is 5.79. The fourth-order valence-corrected chi connectivity index (χ4v) is 1.59. The van der Waals surface area contributed by atoms with Gasteiger partial charge in [0.1, 0.15) is 5.82 Å². The van der Waals surface area contributed by atoms with Gasteiger partial charge in [0.05, 0.1) is 0 Å². The number of hydrogen-bond acceptors (Lipinski definition) is 4. The summed E-state index contributed by atoms with van der Waals surface area (Å²) in [5.41, 5.74) is 0.854. The number of aryl methyl sites for hydroxylation is 1. The molecule has 1 rings (SSSR count). The Hall–Kier alpha value is -0.870. The van der Waals surface area contributed by atoms with Gasteiger partial charge in [-0.3, -0.25) is 0 Å². The molecule has 0 fully saturated rings. The number of aromatic nitrogens is 2. The van der Waals surface area contributed by atoms with E-state index in [0.717, 1.165) is 31.0 Å². The van der Waals surface area contributed by atoms with E-state index in [9.17, 15) is 0 Å². The van der Waals surface area contributed by atoms with Gasteiger partial charge in [0.25, 0.3) is 0 Å². The van der Waals surface area contributed by atoms with Crippen LogP contribution in [0, 0.1) is 6.92 Å². The van der Waals surface area contributed by atoms with Crippen molar-refractivity contribution < 1.29 is 5.11 Å². The highest BCUT2D eigenvalue weighted by Crippen LogP contribution is 2.14. The Labute approximate surface area is 94.9 Å². The maximum absolute atomic E-state index is 8.78. The molecular formula is C10H16ClN3O. The molecule has 0 saturated heterocycles. The number of rotatable bonds is 5. The van der Waals surface area contributed by atoms with E-state index in [-0.39, 0.29) is 11.9 Å². The van der Waals surface area contributed by atoms with Crippen LogP contribution in [0.15, 0.2) is 6.07 Å². The zero-order valence-electron chi connectivity index (χ0n) is 9.07. The first-order valence-corrected chi connectivity index (χ1v) is 5.42. The van der Waals surface area contributed by atoms with Crippen molar-refractivity contribution in [2.75, 3.05) is 24.6 Å². The second-order valence-corrected chi connectivity index (χ2v) is 3.63. The van der Waals surface area contributed by atoms with Crippen molar-refractivity contribution in [1.82, 2.24) is 9.97 Å². The zero-order valence-corrected chi connectivity index (χ0v) is 9.83. The van der Waals surface area contributed by atoms with Crippen molar-refractivity contribution >= 4 is 17.4 Å². The van der Waals surface area contributed by atoms with Gasteiger partial charge in [-0.25, -0.2) is 9.97 Å². The summed E-state index contributed by atoms with van der Waals surface area (Å²) in [6, 6.07) is 1.90. The topological polar surface area (TPSA) is 49.2 Å². The van der Waals surface area contributed by atoms with Crippen molar-refractivity contribution in [2.45, 2.75) is 20.3 Å². The highest BCUT2D eigenvalue weighted by Gasteiger charge is 2.07. The minimum atomic E-state index is 0.189. The van der Waals surface area contributed by atoms with Gasteiger partial charge in [0.2, 0.25) is 5.28 Å². The van der Waals surface area contributed by atoms with Crippen LogP contribution in [0.3, 0.4) is 0 Å². The molecular weight excluding hydrogens is 214 g/mol. The van der Waals surface area contributed by atoms with Crippen molar-refractivity contribution in [1.29, 1.82) is 0 Å². The summed E-state index contributed by atoms with van der Waals surface area (Å²) in [7, 11) is 0. The van der Waals surface area contributed by atoms with Gasteiger partial charge in [0, 0.05) is 31.5 Å². The molecule has 15 heavy (non-hydrogen) atoms. The van der Waals surface area contributed by atoms with Crippen LogP contribution in [0.4, 0.5) is 5.82 Å². The lowest BCUT2D eigenvalue weighted by Gasteiger charge is -2.21. The average Bonchev–Trinajstić information content (AvgIpc) is 2.17. The fraction of sp³-hybridized carbons (Fsp3) is 0.600. The van der Waals surface area contributed by atoms with Crippen molar-refractivity contribution in [2.24, 2.45) is 0 Å². The van der Waals surface area contributed by atoms with E-state index in [1.807, 2.05) is 19.9 Å². The standard InChI is InChI=1S/C10H16ClN3O/c1-3-14(5-4-6-15)9-7-8(2)12-10(11)13-9/h7,15H,3-6H2,1-2H3. The Morgan fingerprint density at radius 2 is 2.20 bits per heavy atom. The maximum atomic E-state index is 8.78. The van der Waals surface area contributed by atoms with Crippen LogP contribution >= 0.6 is 11.6 Å². The molecule has 84 valence electrons. The minimum absolute atomic E-state index is 0.189. The van der Waals surface area contributed by atoms with Gasteiger partial charge >= 0.3 is 0 Å². The van der Waals surface area contributed by atoms with E-state index in [0.29, 0.717) is 0 Å². The quantitative estimate of drug-likeness (QED) is 0.780. The number of halogens is 1. The summed E-state index contributed by atoms with van der Waals surface area (Å²) in [6.07, 6.45) is 0.731. The molecule has 1 aromatic rings. The van der Waals surface area contributed by atoms with Crippen LogP contribution in [0.5, 0.6) is 0 Å². The van der Waals surface area contributed by atoms with E-state index in [4.69, 9.17) is 16.7 Å². The molecule has 0 aliphatic carbocycles. The first-order chi connectivity index (χ1) is 7.17. The lowest BCUT2D eigenvalue weighted by molar-refractivity contribution is 0.289. The molecule has 0 radical (unpaired) electrons. The van der Waals surface area contributed by atoms with Gasteiger partial charge in [-0.05, 0) is 31.9 Å². The molecule has 0 aromatic carbocycles. The van der Waals surface area contributed by atoms with Gasteiger partial charge in [-0.1, -0.05) is 0 Å². The molecule has 1 N–H and O–H groups in total. The summed E-state index contributed by atoms with van der Waals surface area (Å²) < 4.78 is 0. The highest BCUT2D eigenvalue weighted by molar-refractivity contribution is 6.28. The van der Waals surface area contributed by atoms with Gasteiger partial charge < -0.3 is 10.0 Å². The molecule has 0 aliphatic rings. The maximum Gasteiger partial charge on any atom is 0.224 e. The molecule has 0 unspecified atom stereocenters. The van der Waals surface area contributed by atoms with Crippen LogP contribution in [0.25, 0.3) is 0 Å². The molecule has 1 aromatic heterocycles. The Morgan fingerprint density at radius 1 is 1.47 bits per heavy atom. The van der Waals surface area contributed by atoms with E-state index < -0.39 is 0 Å². The molecule has 0 bridgehead atoms. The minimum Gasteiger partial charge on any atom is -0.396 e. The van der Waals surface area contributed by atoms with Crippen LogP contribution < -0.4 is 4.90 Å². The van der Waals surface area contributed by atoms with Crippen molar-refractivity contribution in [3.05, 3.63) is 17.0 Å². The number of aliphatic hydroxyl groups is 1. The lowest BCUT2D eigenvalue weighted by Crippen LogP contribution is -2.25. The van der Waals surface area contributed by atoms with Gasteiger partial charge in [-0.2, -0.15) is 0 Å². The van der Waals surface area contributed by atoms with Crippen LogP contribution in [-0.4, -0.2) is 34.8 Å². The zero-order chi connectivity index (χ0) is 11.3. The van der Waals surface area contributed by atoms with Gasteiger partial charge in [-0.15, -0.1) is 0 Å². The van der Waals surface area contributed by atoms with Crippen LogP contribution in [0.1, 0.15) is 19.0 Å². The second-order valence-electron chi connectivity index (χ2n) is 3.29. The smallest absolute Gasteiger partial charge is 0.224 e. The largest absolute Gasteiger partial charge is 0.396 e. The number of aliphatic hydroxyl groups excluding tert-OH is 1. The molecule has 0 spiro atoms. The predicted octanol–water partition coefficient (Wildman–Crippen LogP) is 1.65. The predicted molar refractivity (Wildman–Crippen MR) is 61.4 cm³/mol. The SMILES string of the molecule is CCN(CCCO)c1cc(C)nc(Cl)n1. The summed E-state index contributed by atoms with van der Waals surface area (Å²) in [4.78, 5) is 10.2. The van der Waals surface area contributed by atoms with E-state index >= 15 is 0 Å². The Kier molecular flexibility index (Phi) is 4.78. The third-order valence-electron chi connectivity index (χ3n) is 2.11. The molecule has 0 aliphatic heterocycles. The monoisotopic (exact) mass is 229 g/mol. The van der Waals surface area contributed by atoms with Crippen molar-refractivity contribution in [3.63, 3.8) is 0 Å². The Balaban J connectivity index is 2.81. The number of nitrogens with zero attached hydrogens (tertiary/aromatic N) is 3. The summed E-state index contributed by atoms with van der Waals surface area (Å²) in [6.45, 7) is 5.74.